The maximum atomic E-state index is 12.4. The third-order valence-electron chi connectivity index (χ3n) is 5.71. The van der Waals surface area contributed by atoms with Gasteiger partial charge in [0, 0.05) is 42.7 Å². The van der Waals surface area contributed by atoms with E-state index in [9.17, 15) is 4.79 Å². The minimum Gasteiger partial charge on any atom is -0.367 e. The van der Waals surface area contributed by atoms with Gasteiger partial charge in [-0.2, -0.15) is 5.10 Å². The predicted molar refractivity (Wildman–Crippen MR) is 120 cm³/mol. The number of nitrogens with zero attached hydrogens (tertiary/aromatic N) is 6. The molecule has 5 rings (SSSR count). The van der Waals surface area contributed by atoms with E-state index >= 15 is 0 Å². The van der Waals surface area contributed by atoms with Crippen molar-refractivity contribution in [1.29, 1.82) is 0 Å². The zero-order valence-electron chi connectivity index (χ0n) is 18.0. The number of imidazole rings is 1. The van der Waals surface area contributed by atoms with Crippen molar-refractivity contribution in [2.24, 2.45) is 7.05 Å². The van der Waals surface area contributed by atoms with Crippen molar-refractivity contribution in [2.75, 3.05) is 0 Å². The number of hydrogen-bond acceptors (Lipinski definition) is 5. The third-order valence-corrected chi connectivity index (χ3v) is 5.71. The van der Waals surface area contributed by atoms with Crippen molar-refractivity contribution in [3.8, 4) is 17.1 Å². The van der Waals surface area contributed by atoms with Crippen LogP contribution in [0.1, 0.15) is 30.6 Å². The Balaban J connectivity index is 1.78. The molecular formula is C23H23N7O. The molecule has 0 aliphatic carbocycles. The quantitative estimate of drug-likeness (QED) is 0.486. The molecule has 0 amide bonds. The number of hydrogen-bond donors (Lipinski definition) is 1. The summed E-state index contributed by atoms with van der Waals surface area (Å²) in [7, 11) is 2.01. The van der Waals surface area contributed by atoms with E-state index in [2.05, 4.69) is 26.6 Å². The first kappa shape index (κ1) is 19.2. The van der Waals surface area contributed by atoms with Gasteiger partial charge in [-0.05, 0) is 26.3 Å². The van der Waals surface area contributed by atoms with Crippen LogP contribution >= 0.6 is 0 Å². The lowest BCUT2D eigenvalue weighted by Gasteiger charge is -2.09. The molecule has 156 valence electrons. The molecule has 0 aromatic carbocycles. The number of H-pyrrole nitrogens is 1. The molecule has 1 N–H and O–H groups in total. The summed E-state index contributed by atoms with van der Waals surface area (Å²) >= 11 is 0. The zero-order chi connectivity index (χ0) is 21.7. The number of aryl methyl sites for hydroxylation is 4. The average Bonchev–Trinajstić information content (AvgIpc) is 3.31. The molecule has 0 fully saturated rings. The number of pyridine rings is 3. The average molecular weight is 413 g/mol. The van der Waals surface area contributed by atoms with E-state index in [-0.39, 0.29) is 5.43 Å². The molecule has 0 aliphatic heterocycles. The van der Waals surface area contributed by atoms with Gasteiger partial charge in [0.05, 0.1) is 34.2 Å². The van der Waals surface area contributed by atoms with Crippen LogP contribution in [0.4, 0.5) is 0 Å². The minimum absolute atomic E-state index is 0.0776. The van der Waals surface area contributed by atoms with Gasteiger partial charge in [-0.15, -0.1) is 0 Å². The molecule has 0 unspecified atom stereocenters. The van der Waals surface area contributed by atoms with Crippen LogP contribution in [0.3, 0.4) is 0 Å². The summed E-state index contributed by atoms with van der Waals surface area (Å²) in [5.74, 6) is 1.68. The van der Waals surface area contributed by atoms with Gasteiger partial charge in [-0.25, -0.2) is 14.6 Å². The van der Waals surface area contributed by atoms with Crippen molar-refractivity contribution >= 4 is 21.9 Å². The second-order valence-electron chi connectivity index (χ2n) is 7.77. The van der Waals surface area contributed by atoms with Gasteiger partial charge in [0.15, 0.2) is 11.2 Å². The molecular weight excluding hydrogens is 390 g/mol. The Kier molecular flexibility index (Phi) is 4.43. The summed E-state index contributed by atoms with van der Waals surface area (Å²) < 4.78 is 3.90. The molecule has 5 aromatic rings. The fourth-order valence-corrected chi connectivity index (χ4v) is 3.99. The standard InChI is InChI=1S/C23H23N7O/c1-5-6-17-23-20(29(4)14(3)27-23)10-22(28-17)30-19-9-18(16-11-24-8-7-21(16)31)26-13(2)15(19)12-25-30/h7-12H,5-6H2,1-4H3,(H,24,31). The highest BCUT2D eigenvalue weighted by molar-refractivity contribution is 5.87. The van der Waals surface area contributed by atoms with Crippen LogP contribution in [0.5, 0.6) is 0 Å². The van der Waals surface area contributed by atoms with Crippen molar-refractivity contribution in [3.05, 3.63) is 64.2 Å². The molecule has 0 atom stereocenters. The Morgan fingerprint density at radius 3 is 2.71 bits per heavy atom. The van der Waals surface area contributed by atoms with Gasteiger partial charge < -0.3 is 9.55 Å². The molecule has 8 nitrogen and oxygen atoms in total. The fourth-order valence-electron chi connectivity index (χ4n) is 3.99. The van der Waals surface area contributed by atoms with Gasteiger partial charge in [0.1, 0.15) is 11.3 Å². The fraction of sp³-hybridized carbons (Fsp3) is 0.261. The van der Waals surface area contributed by atoms with Crippen LogP contribution in [0.15, 0.2) is 41.6 Å². The summed E-state index contributed by atoms with van der Waals surface area (Å²) in [5.41, 5.74) is 5.67. The number of aromatic nitrogens is 7. The Bertz CT molecular complexity index is 1510. The number of nitrogens with one attached hydrogen (secondary N) is 1. The molecule has 5 heterocycles. The lowest BCUT2D eigenvalue weighted by Crippen LogP contribution is -2.06. The van der Waals surface area contributed by atoms with Crippen molar-refractivity contribution in [3.63, 3.8) is 0 Å². The molecule has 0 radical (unpaired) electrons. The molecule has 0 saturated carbocycles. The van der Waals surface area contributed by atoms with Gasteiger partial charge in [-0.1, -0.05) is 13.3 Å². The van der Waals surface area contributed by atoms with Gasteiger partial charge >= 0.3 is 0 Å². The van der Waals surface area contributed by atoms with Gasteiger partial charge in [0.25, 0.3) is 0 Å². The lowest BCUT2D eigenvalue weighted by atomic mass is 10.1. The first-order valence-corrected chi connectivity index (χ1v) is 10.3. The monoisotopic (exact) mass is 413 g/mol. The number of fused-ring (bicyclic) bond motifs is 2. The van der Waals surface area contributed by atoms with Crippen molar-refractivity contribution < 1.29 is 0 Å². The second kappa shape index (κ2) is 7.16. The Labute approximate surface area is 178 Å². The van der Waals surface area contributed by atoms with Crippen LogP contribution in [0.25, 0.3) is 39.0 Å². The summed E-state index contributed by atoms with van der Waals surface area (Å²) in [6, 6.07) is 5.43. The van der Waals surface area contributed by atoms with E-state index in [4.69, 9.17) is 9.97 Å². The Morgan fingerprint density at radius 1 is 1.10 bits per heavy atom. The Morgan fingerprint density at radius 2 is 1.94 bits per heavy atom. The SMILES string of the molecule is CCCc1nc(-n2ncc3c(C)nc(-c4c[nH]ccc4=O)cc32)cc2c1nc(C)n2C. The van der Waals surface area contributed by atoms with Gasteiger partial charge in [-0.3, -0.25) is 9.78 Å². The minimum atomic E-state index is -0.0776. The molecule has 0 saturated heterocycles. The lowest BCUT2D eigenvalue weighted by molar-refractivity contribution is 0.835. The van der Waals surface area contributed by atoms with Crippen LogP contribution < -0.4 is 5.43 Å². The normalized spacial score (nSPS) is 11.6. The second-order valence-corrected chi connectivity index (χ2v) is 7.77. The van der Waals surface area contributed by atoms with Crippen molar-refractivity contribution in [1.82, 2.24) is 34.3 Å². The molecule has 5 aromatic heterocycles. The van der Waals surface area contributed by atoms with E-state index in [1.165, 1.54) is 6.07 Å². The maximum Gasteiger partial charge on any atom is 0.190 e. The molecule has 0 aliphatic rings. The topological polar surface area (TPSA) is 94.3 Å². The van der Waals surface area contributed by atoms with E-state index in [1.807, 2.05) is 37.7 Å². The van der Waals surface area contributed by atoms with Crippen molar-refractivity contribution in [2.45, 2.75) is 33.6 Å². The third kappa shape index (κ3) is 3.02. The summed E-state index contributed by atoms with van der Waals surface area (Å²) in [5, 5.41) is 5.55. The molecule has 0 bridgehead atoms. The van der Waals surface area contributed by atoms with Crippen LogP contribution in [0.2, 0.25) is 0 Å². The number of aromatic amines is 1. The molecule has 31 heavy (non-hydrogen) atoms. The smallest absolute Gasteiger partial charge is 0.190 e. The zero-order valence-corrected chi connectivity index (χ0v) is 18.0. The first-order chi connectivity index (χ1) is 15.0. The van der Waals surface area contributed by atoms with E-state index in [0.717, 1.165) is 57.8 Å². The van der Waals surface area contributed by atoms with E-state index in [0.29, 0.717) is 11.3 Å². The van der Waals surface area contributed by atoms with Crippen LogP contribution in [-0.4, -0.2) is 34.3 Å². The summed E-state index contributed by atoms with van der Waals surface area (Å²) in [4.78, 5) is 29.6. The van der Waals surface area contributed by atoms with E-state index < -0.39 is 0 Å². The largest absolute Gasteiger partial charge is 0.367 e. The highest BCUT2D eigenvalue weighted by Crippen LogP contribution is 2.27. The predicted octanol–water partition coefficient (Wildman–Crippen LogP) is 3.63. The highest BCUT2D eigenvalue weighted by atomic mass is 16.1. The van der Waals surface area contributed by atoms with Crippen LogP contribution in [-0.2, 0) is 13.5 Å². The molecule has 0 spiro atoms. The van der Waals surface area contributed by atoms with Crippen LogP contribution in [0, 0.1) is 13.8 Å². The summed E-state index contributed by atoms with van der Waals surface area (Å²) in [6.45, 7) is 6.06. The number of rotatable bonds is 4. The summed E-state index contributed by atoms with van der Waals surface area (Å²) in [6.07, 6.45) is 6.91. The Hall–Kier alpha value is -3.81. The van der Waals surface area contributed by atoms with E-state index in [1.54, 1.807) is 18.6 Å². The molecule has 8 heteroatoms. The first-order valence-electron chi connectivity index (χ1n) is 10.3. The maximum absolute atomic E-state index is 12.4. The highest BCUT2D eigenvalue weighted by Gasteiger charge is 2.17. The van der Waals surface area contributed by atoms with Gasteiger partial charge in [0.2, 0.25) is 0 Å².